The fourth-order valence-electron chi connectivity index (χ4n) is 3.01. The van der Waals surface area contributed by atoms with Crippen LogP contribution in [0.25, 0.3) is 21.9 Å². The molecule has 0 fully saturated rings. The molecule has 2 heterocycles. The predicted molar refractivity (Wildman–Crippen MR) is 106 cm³/mol. The van der Waals surface area contributed by atoms with Gasteiger partial charge in [-0.05, 0) is 36.8 Å². The maximum atomic E-state index is 12.7. The van der Waals surface area contributed by atoms with Crippen molar-refractivity contribution < 1.29 is 13.9 Å². The van der Waals surface area contributed by atoms with E-state index in [9.17, 15) is 14.4 Å². The first-order valence-electron chi connectivity index (χ1n) is 8.88. The number of benzene rings is 2. The lowest BCUT2D eigenvalue weighted by Crippen LogP contribution is -2.25. The van der Waals surface area contributed by atoms with Gasteiger partial charge in [0.2, 0.25) is 0 Å². The van der Waals surface area contributed by atoms with Gasteiger partial charge in [0.25, 0.3) is 5.56 Å². The van der Waals surface area contributed by atoms with Crippen molar-refractivity contribution in [3.8, 4) is 0 Å². The molecular weight excluding hydrogens is 376 g/mol. The summed E-state index contributed by atoms with van der Waals surface area (Å²) in [5.41, 5.74) is 0.842. The van der Waals surface area contributed by atoms with Crippen LogP contribution in [0.2, 0.25) is 0 Å². The summed E-state index contributed by atoms with van der Waals surface area (Å²) in [6.45, 7) is 1.98. The van der Waals surface area contributed by atoms with Gasteiger partial charge in [-0.3, -0.25) is 10.1 Å². The summed E-state index contributed by atoms with van der Waals surface area (Å²) < 4.78 is 11.3. The minimum atomic E-state index is -0.608. The van der Waals surface area contributed by atoms with Crippen molar-refractivity contribution in [1.29, 1.82) is 0 Å². The summed E-state index contributed by atoms with van der Waals surface area (Å²) in [6.07, 6.45) is -0.608. The zero-order chi connectivity index (χ0) is 20.4. The average Bonchev–Trinajstić information content (AvgIpc) is 2.70. The predicted octanol–water partition coefficient (Wildman–Crippen LogP) is 2.51. The molecule has 0 bridgehead atoms. The van der Waals surface area contributed by atoms with Crippen LogP contribution < -0.4 is 16.5 Å². The van der Waals surface area contributed by atoms with E-state index in [1.54, 1.807) is 43.3 Å². The minimum absolute atomic E-state index is 0.0451. The SMILES string of the molecule is CCOC(=O)Nc1ccc2c(Cn3nnc4ccccc4c3=O)cc(=O)oc2c1. The standard InChI is InChI=1S/C20H16N4O5/c1-2-28-20(27)21-13-7-8-14-12(9-18(25)29-17(14)10-13)11-24-19(26)15-5-3-4-6-16(15)22-23-24/h3-10H,2,11H2,1H3,(H,21,27). The smallest absolute Gasteiger partial charge is 0.411 e. The fraction of sp³-hybridized carbons (Fsp3) is 0.150. The highest BCUT2D eigenvalue weighted by atomic mass is 16.5. The van der Waals surface area contributed by atoms with Crippen LogP contribution in [0.1, 0.15) is 12.5 Å². The van der Waals surface area contributed by atoms with Gasteiger partial charge in [0, 0.05) is 23.2 Å². The second kappa shape index (κ2) is 7.55. The van der Waals surface area contributed by atoms with Crippen LogP contribution in [0.15, 0.2) is 62.5 Å². The lowest BCUT2D eigenvalue weighted by Gasteiger charge is -2.09. The maximum absolute atomic E-state index is 12.7. The van der Waals surface area contributed by atoms with Crippen molar-refractivity contribution in [2.45, 2.75) is 13.5 Å². The molecule has 29 heavy (non-hydrogen) atoms. The summed E-state index contributed by atoms with van der Waals surface area (Å²) >= 11 is 0. The van der Waals surface area contributed by atoms with Crippen molar-refractivity contribution in [2.24, 2.45) is 0 Å². The second-order valence-corrected chi connectivity index (χ2v) is 6.22. The first-order chi connectivity index (χ1) is 14.0. The van der Waals surface area contributed by atoms with E-state index in [-0.39, 0.29) is 24.3 Å². The van der Waals surface area contributed by atoms with Crippen LogP contribution in [-0.2, 0) is 11.3 Å². The number of hydrogen-bond donors (Lipinski definition) is 1. The maximum Gasteiger partial charge on any atom is 0.411 e. The molecule has 0 saturated carbocycles. The molecule has 0 radical (unpaired) electrons. The lowest BCUT2D eigenvalue weighted by molar-refractivity contribution is 0.168. The molecule has 0 saturated heterocycles. The number of fused-ring (bicyclic) bond motifs is 2. The molecular formula is C20H16N4O5. The monoisotopic (exact) mass is 392 g/mol. The summed E-state index contributed by atoms with van der Waals surface area (Å²) in [4.78, 5) is 36.3. The van der Waals surface area contributed by atoms with Crippen LogP contribution in [0.5, 0.6) is 0 Å². The Kier molecular flexibility index (Phi) is 4.78. The third-order valence-corrected chi connectivity index (χ3v) is 4.30. The zero-order valence-electron chi connectivity index (χ0n) is 15.4. The molecule has 0 aliphatic carbocycles. The molecule has 0 spiro atoms. The van der Waals surface area contributed by atoms with Gasteiger partial charge in [0.15, 0.2) is 0 Å². The Hall–Kier alpha value is -4.01. The van der Waals surface area contributed by atoms with Gasteiger partial charge in [-0.15, -0.1) is 5.10 Å². The average molecular weight is 392 g/mol. The number of hydrogen-bond acceptors (Lipinski definition) is 7. The third-order valence-electron chi connectivity index (χ3n) is 4.30. The number of nitrogens with zero attached hydrogens (tertiary/aromatic N) is 3. The molecule has 0 unspecified atom stereocenters. The second-order valence-electron chi connectivity index (χ2n) is 6.22. The lowest BCUT2D eigenvalue weighted by atomic mass is 10.1. The Morgan fingerprint density at radius 3 is 2.79 bits per heavy atom. The summed E-state index contributed by atoms with van der Waals surface area (Å²) in [5.74, 6) is 0. The number of ether oxygens (including phenoxy) is 1. The molecule has 2 aromatic carbocycles. The van der Waals surface area contributed by atoms with Gasteiger partial charge in [-0.2, -0.15) is 0 Å². The first-order valence-corrected chi connectivity index (χ1v) is 8.88. The molecule has 9 heteroatoms. The van der Waals surface area contributed by atoms with E-state index < -0.39 is 11.7 Å². The Morgan fingerprint density at radius 1 is 1.14 bits per heavy atom. The van der Waals surface area contributed by atoms with Crippen molar-refractivity contribution >= 4 is 33.7 Å². The third kappa shape index (κ3) is 3.70. The van der Waals surface area contributed by atoms with Crippen LogP contribution >= 0.6 is 0 Å². The zero-order valence-corrected chi connectivity index (χ0v) is 15.4. The molecule has 146 valence electrons. The minimum Gasteiger partial charge on any atom is -0.450 e. The van der Waals surface area contributed by atoms with Crippen molar-refractivity contribution in [1.82, 2.24) is 15.0 Å². The number of amides is 1. The highest BCUT2D eigenvalue weighted by molar-refractivity contribution is 5.90. The quantitative estimate of drug-likeness (QED) is 0.530. The molecule has 1 N–H and O–H groups in total. The van der Waals surface area contributed by atoms with E-state index in [1.807, 2.05) is 0 Å². The van der Waals surface area contributed by atoms with E-state index in [1.165, 1.54) is 16.8 Å². The molecule has 9 nitrogen and oxygen atoms in total. The number of rotatable bonds is 4. The Bertz CT molecular complexity index is 1340. The van der Waals surface area contributed by atoms with Crippen LogP contribution in [0.4, 0.5) is 10.5 Å². The summed E-state index contributed by atoms with van der Waals surface area (Å²) in [5, 5.41) is 11.6. The molecule has 2 aromatic heterocycles. The Labute approximate surface area is 163 Å². The van der Waals surface area contributed by atoms with Crippen molar-refractivity contribution in [2.75, 3.05) is 11.9 Å². The van der Waals surface area contributed by atoms with Crippen molar-refractivity contribution in [3.63, 3.8) is 0 Å². The van der Waals surface area contributed by atoms with Crippen molar-refractivity contribution in [3.05, 3.63) is 74.9 Å². The highest BCUT2D eigenvalue weighted by Crippen LogP contribution is 2.22. The molecule has 4 rings (SSSR count). The van der Waals surface area contributed by atoms with Crippen LogP contribution in [0.3, 0.4) is 0 Å². The Balaban J connectivity index is 1.74. The van der Waals surface area contributed by atoms with Crippen LogP contribution in [-0.4, -0.2) is 27.7 Å². The Morgan fingerprint density at radius 2 is 1.97 bits per heavy atom. The van der Waals surface area contributed by atoms with E-state index in [4.69, 9.17) is 9.15 Å². The number of anilines is 1. The first kappa shape index (κ1) is 18.4. The number of carbonyl (C=O) groups is 1. The molecule has 0 atom stereocenters. The van der Waals surface area contributed by atoms with Crippen LogP contribution in [0, 0.1) is 0 Å². The molecule has 0 aliphatic heterocycles. The number of nitrogens with one attached hydrogen (secondary N) is 1. The van der Waals surface area contributed by atoms with Gasteiger partial charge in [0.1, 0.15) is 11.1 Å². The summed E-state index contributed by atoms with van der Waals surface area (Å²) in [7, 11) is 0. The fourth-order valence-corrected chi connectivity index (χ4v) is 3.01. The van der Waals surface area contributed by atoms with Gasteiger partial charge in [-0.25, -0.2) is 14.3 Å². The number of aromatic nitrogens is 3. The summed E-state index contributed by atoms with van der Waals surface area (Å²) in [6, 6.07) is 13.1. The van der Waals surface area contributed by atoms with Gasteiger partial charge in [-0.1, -0.05) is 17.3 Å². The molecule has 0 aliphatic rings. The van der Waals surface area contributed by atoms with E-state index in [0.29, 0.717) is 27.5 Å². The molecule has 1 amide bonds. The van der Waals surface area contributed by atoms with Gasteiger partial charge < -0.3 is 9.15 Å². The van der Waals surface area contributed by atoms with E-state index in [0.717, 1.165) is 0 Å². The van der Waals surface area contributed by atoms with E-state index >= 15 is 0 Å². The highest BCUT2D eigenvalue weighted by Gasteiger charge is 2.12. The van der Waals surface area contributed by atoms with Gasteiger partial charge >= 0.3 is 11.7 Å². The topological polar surface area (TPSA) is 116 Å². The normalized spacial score (nSPS) is 10.9. The van der Waals surface area contributed by atoms with Gasteiger partial charge in [0.05, 0.1) is 18.5 Å². The number of carbonyl (C=O) groups excluding carboxylic acids is 1. The largest absolute Gasteiger partial charge is 0.450 e. The molecule has 4 aromatic rings. The van der Waals surface area contributed by atoms with E-state index in [2.05, 4.69) is 15.6 Å².